The molecule has 112 valence electrons. The van der Waals surface area contributed by atoms with Gasteiger partial charge in [0.25, 0.3) is 5.56 Å². The minimum absolute atomic E-state index is 0.134. The quantitative estimate of drug-likeness (QED) is 0.884. The maximum Gasteiger partial charge on any atom is 0.251 e. The van der Waals surface area contributed by atoms with Crippen molar-refractivity contribution in [3.05, 3.63) is 46.2 Å². The summed E-state index contributed by atoms with van der Waals surface area (Å²) in [5.74, 6) is 0.616. The summed E-state index contributed by atoms with van der Waals surface area (Å²) in [7, 11) is 1.99. The standard InChI is InChI=1S/C14H19N5O2/c1-10-16-12(5-14(20)17-10)13-8-19(3-4-21-13)7-11-6-15-9-18(11)2/h5-6,9,13H,3-4,7-8H2,1-2H3,(H,16,17,20)/t13-/m1/s1. The van der Waals surface area contributed by atoms with Crippen LogP contribution in [0, 0.1) is 6.92 Å². The molecule has 0 aliphatic carbocycles. The first kappa shape index (κ1) is 14.0. The van der Waals surface area contributed by atoms with E-state index in [9.17, 15) is 4.79 Å². The summed E-state index contributed by atoms with van der Waals surface area (Å²) in [6, 6.07) is 1.52. The Hall–Kier alpha value is -1.99. The zero-order chi connectivity index (χ0) is 14.8. The van der Waals surface area contributed by atoms with Gasteiger partial charge in [0.1, 0.15) is 11.9 Å². The minimum atomic E-state index is -0.159. The van der Waals surface area contributed by atoms with Crippen LogP contribution in [0.4, 0.5) is 0 Å². The van der Waals surface area contributed by atoms with E-state index in [0.717, 1.165) is 25.3 Å². The first-order valence-electron chi connectivity index (χ1n) is 6.99. The molecule has 0 bridgehead atoms. The Bertz CT molecular complexity index is 678. The average molecular weight is 289 g/mol. The monoisotopic (exact) mass is 289 g/mol. The van der Waals surface area contributed by atoms with Crippen LogP contribution in [0.2, 0.25) is 0 Å². The van der Waals surface area contributed by atoms with E-state index in [1.165, 1.54) is 6.07 Å². The van der Waals surface area contributed by atoms with Gasteiger partial charge in [0.2, 0.25) is 0 Å². The van der Waals surface area contributed by atoms with E-state index in [1.54, 1.807) is 13.3 Å². The normalized spacial score (nSPS) is 19.8. The first-order valence-corrected chi connectivity index (χ1v) is 6.99. The Morgan fingerprint density at radius 3 is 3.10 bits per heavy atom. The summed E-state index contributed by atoms with van der Waals surface area (Å²) >= 11 is 0. The Morgan fingerprint density at radius 2 is 2.38 bits per heavy atom. The van der Waals surface area contributed by atoms with Gasteiger partial charge in [-0.05, 0) is 6.92 Å². The van der Waals surface area contributed by atoms with E-state index in [-0.39, 0.29) is 11.7 Å². The second-order valence-corrected chi connectivity index (χ2v) is 5.35. The number of hydrogen-bond donors (Lipinski definition) is 1. The molecule has 1 N–H and O–H groups in total. The number of aromatic amines is 1. The third-order valence-corrected chi connectivity index (χ3v) is 3.66. The summed E-state index contributed by atoms with van der Waals surface area (Å²) in [5, 5.41) is 0. The van der Waals surface area contributed by atoms with E-state index in [0.29, 0.717) is 18.1 Å². The van der Waals surface area contributed by atoms with Gasteiger partial charge in [-0.3, -0.25) is 9.69 Å². The van der Waals surface area contributed by atoms with Gasteiger partial charge in [0.15, 0.2) is 0 Å². The molecule has 1 fully saturated rings. The molecule has 3 heterocycles. The number of morpholine rings is 1. The molecular formula is C14H19N5O2. The van der Waals surface area contributed by atoms with E-state index in [4.69, 9.17) is 4.74 Å². The fourth-order valence-corrected chi connectivity index (χ4v) is 2.56. The molecule has 7 nitrogen and oxygen atoms in total. The Kier molecular flexibility index (Phi) is 3.85. The molecule has 1 saturated heterocycles. The van der Waals surface area contributed by atoms with Crippen molar-refractivity contribution in [1.29, 1.82) is 0 Å². The van der Waals surface area contributed by atoms with Crippen molar-refractivity contribution in [2.75, 3.05) is 19.7 Å². The molecule has 2 aromatic rings. The van der Waals surface area contributed by atoms with Crippen LogP contribution in [-0.2, 0) is 18.3 Å². The molecule has 1 aliphatic heterocycles. The zero-order valence-corrected chi connectivity index (χ0v) is 12.2. The molecule has 0 saturated carbocycles. The molecular weight excluding hydrogens is 270 g/mol. The van der Waals surface area contributed by atoms with Crippen molar-refractivity contribution in [3.63, 3.8) is 0 Å². The van der Waals surface area contributed by atoms with Crippen molar-refractivity contribution in [2.24, 2.45) is 7.05 Å². The highest BCUT2D eigenvalue weighted by Crippen LogP contribution is 2.20. The topological polar surface area (TPSA) is 76.0 Å². The van der Waals surface area contributed by atoms with Gasteiger partial charge in [-0.15, -0.1) is 0 Å². The summed E-state index contributed by atoms with van der Waals surface area (Å²) < 4.78 is 7.79. The molecule has 0 aromatic carbocycles. The van der Waals surface area contributed by atoms with Crippen molar-refractivity contribution >= 4 is 0 Å². The summed E-state index contributed by atoms with van der Waals surface area (Å²) in [5.41, 5.74) is 1.72. The van der Waals surface area contributed by atoms with Crippen LogP contribution >= 0.6 is 0 Å². The average Bonchev–Trinajstić information content (AvgIpc) is 2.84. The van der Waals surface area contributed by atoms with Crippen LogP contribution in [0.15, 0.2) is 23.4 Å². The van der Waals surface area contributed by atoms with Gasteiger partial charge < -0.3 is 14.3 Å². The van der Waals surface area contributed by atoms with Crippen molar-refractivity contribution < 1.29 is 4.74 Å². The molecule has 0 amide bonds. The van der Waals surface area contributed by atoms with Gasteiger partial charge in [-0.2, -0.15) is 0 Å². The van der Waals surface area contributed by atoms with Crippen molar-refractivity contribution in [3.8, 4) is 0 Å². The lowest BCUT2D eigenvalue weighted by Crippen LogP contribution is -2.38. The zero-order valence-electron chi connectivity index (χ0n) is 12.2. The number of aromatic nitrogens is 4. The van der Waals surface area contributed by atoms with Crippen LogP contribution in [0.3, 0.4) is 0 Å². The highest BCUT2D eigenvalue weighted by molar-refractivity contribution is 5.07. The lowest BCUT2D eigenvalue weighted by Gasteiger charge is -2.32. The molecule has 2 aromatic heterocycles. The van der Waals surface area contributed by atoms with E-state index >= 15 is 0 Å². The molecule has 1 atom stereocenters. The highest BCUT2D eigenvalue weighted by Gasteiger charge is 2.24. The summed E-state index contributed by atoms with van der Waals surface area (Å²) in [6.45, 7) is 4.82. The lowest BCUT2D eigenvalue weighted by atomic mass is 10.2. The number of ether oxygens (including phenoxy) is 1. The van der Waals surface area contributed by atoms with Gasteiger partial charge >= 0.3 is 0 Å². The van der Waals surface area contributed by atoms with E-state index < -0.39 is 0 Å². The third-order valence-electron chi connectivity index (χ3n) is 3.66. The Morgan fingerprint density at radius 1 is 1.52 bits per heavy atom. The smallest absolute Gasteiger partial charge is 0.251 e. The third kappa shape index (κ3) is 3.20. The number of aryl methyl sites for hydroxylation is 2. The minimum Gasteiger partial charge on any atom is -0.369 e. The van der Waals surface area contributed by atoms with Gasteiger partial charge in [-0.1, -0.05) is 0 Å². The number of H-pyrrole nitrogens is 1. The lowest BCUT2D eigenvalue weighted by molar-refractivity contribution is -0.0357. The van der Waals surface area contributed by atoms with E-state index in [1.807, 2.05) is 17.8 Å². The number of hydrogen-bond acceptors (Lipinski definition) is 5. The largest absolute Gasteiger partial charge is 0.369 e. The molecule has 1 aliphatic rings. The van der Waals surface area contributed by atoms with Gasteiger partial charge in [0.05, 0.1) is 24.3 Å². The molecule has 0 spiro atoms. The van der Waals surface area contributed by atoms with Crippen LogP contribution in [0.1, 0.15) is 23.3 Å². The SMILES string of the molecule is Cc1nc([C@H]2CN(Cc3cncn3C)CCO2)cc(=O)[nH]1. The first-order chi connectivity index (χ1) is 10.1. The van der Waals surface area contributed by atoms with Crippen LogP contribution < -0.4 is 5.56 Å². The van der Waals surface area contributed by atoms with Gasteiger partial charge in [0, 0.05) is 38.9 Å². The maximum absolute atomic E-state index is 11.6. The predicted octanol–water partition coefficient (Wildman–Crippen LogP) is 0.385. The van der Waals surface area contributed by atoms with Crippen LogP contribution in [0.25, 0.3) is 0 Å². The second kappa shape index (κ2) is 5.79. The molecule has 21 heavy (non-hydrogen) atoms. The second-order valence-electron chi connectivity index (χ2n) is 5.35. The fraction of sp³-hybridized carbons (Fsp3) is 0.500. The van der Waals surface area contributed by atoms with Gasteiger partial charge in [-0.25, -0.2) is 9.97 Å². The summed E-state index contributed by atoms with van der Waals surface area (Å²) in [4.78, 5) is 25.0. The predicted molar refractivity (Wildman–Crippen MR) is 76.8 cm³/mol. The molecule has 0 radical (unpaired) electrons. The number of nitrogens with one attached hydrogen (secondary N) is 1. The van der Waals surface area contributed by atoms with Crippen molar-refractivity contribution in [2.45, 2.75) is 19.6 Å². The Labute approximate surface area is 122 Å². The molecule has 7 heteroatoms. The fourth-order valence-electron chi connectivity index (χ4n) is 2.56. The Balaban J connectivity index is 1.73. The summed E-state index contributed by atoms with van der Waals surface area (Å²) in [6.07, 6.45) is 3.52. The highest BCUT2D eigenvalue weighted by atomic mass is 16.5. The number of nitrogens with zero attached hydrogens (tertiary/aromatic N) is 4. The number of rotatable bonds is 3. The molecule has 0 unspecified atom stereocenters. The van der Waals surface area contributed by atoms with E-state index in [2.05, 4.69) is 19.9 Å². The van der Waals surface area contributed by atoms with Crippen LogP contribution in [-0.4, -0.2) is 44.1 Å². The molecule has 3 rings (SSSR count). The van der Waals surface area contributed by atoms with Crippen LogP contribution in [0.5, 0.6) is 0 Å². The maximum atomic E-state index is 11.6. The number of imidazole rings is 1. The van der Waals surface area contributed by atoms with Crippen molar-refractivity contribution in [1.82, 2.24) is 24.4 Å².